The molecule has 0 unspecified atom stereocenters. The molecule has 12 aromatic rings. The van der Waals surface area contributed by atoms with Gasteiger partial charge in [0, 0.05) is 29.7 Å². The van der Waals surface area contributed by atoms with Gasteiger partial charge in [-0.2, -0.15) is 0 Å². The second kappa shape index (κ2) is 27.6. The minimum absolute atomic E-state index is 0.401. The molecular formula is C86H100N4+4. The summed E-state index contributed by atoms with van der Waals surface area (Å²) in [5.74, 6) is 0.572. The van der Waals surface area contributed by atoms with Crippen LogP contribution in [0.3, 0.4) is 0 Å². The van der Waals surface area contributed by atoms with Gasteiger partial charge in [0.2, 0.25) is 22.8 Å². The highest BCUT2D eigenvalue weighted by molar-refractivity contribution is 5.97. The standard InChI is InChI=1S/C23H28N.2C22H26N.C19H20N/c1-15(2)11-19-7-8-21-20(14-19)9-10-24(6)23(21)22-13-16(3)12-17(4)18(22)5;2*1-14(2)18-7-8-20-19(13-18)9-10-23(6)22(20)21-12-15(3)11-16(4)17(21)5;1-13-11-14(2)15(3)18(12-13)19-17-8-6-5-7-16(17)9-10-20(19)4/h7-10,12-15H,11H2,1-6H3;2*7-14H,1-6H3;5-12H,1-4H3/q4*+1/i;4D3,14D;;. The van der Waals surface area contributed by atoms with Crippen LogP contribution >= 0.6 is 0 Å². The molecule has 0 bridgehead atoms. The van der Waals surface area contributed by atoms with Crippen molar-refractivity contribution in [1.82, 2.24) is 0 Å². The van der Waals surface area contributed by atoms with Gasteiger partial charge in [0.15, 0.2) is 24.8 Å². The topological polar surface area (TPSA) is 15.5 Å². The Morgan fingerprint density at radius 1 is 0.344 bits per heavy atom. The third-order valence-electron chi connectivity index (χ3n) is 18.4. The molecule has 0 aliphatic carbocycles. The van der Waals surface area contributed by atoms with Crippen molar-refractivity contribution in [1.29, 1.82) is 0 Å². The number of aryl methyl sites for hydroxylation is 12. The largest absolute Gasteiger partial charge is 0.220 e. The summed E-state index contributed by atoms with van der Waals surface area (Å²) in [6.07, 6.45) is 9.64. The van der Waals surface area contributed by atoms with Crippen molar-refractivity contribution in [2.75, 3.05) is 0 Å². The molecule has 460 valence electrons. The third kappa shape index (κ3) is 14.2. The molecule has 0 aliphatic heterocycles. The fourth-order valence-electron chi connectivity index (χ4n) is 13.1. The normalized spacial score (nSPS) is 12.3. The van der Waals surface area contributed by atoms with E-state index in [0.717, 1.165) is 45.1 Å². The Balaban J connectivity index is 0.000000148. The van der Waals surface area contributed by atoms with Gasteiger partial charge in [0.25, 0.3) is 0 Å². The molecule has 0 radical (unpaired) electrons. The number of rotatable bonds is 8. The van der Waals surface area contributed by atoms with Crippen molar-refractivity contribution < 1.29 is 23.8 Å². The Hall–Kier alpha value is -8.60. The van der Waals surface area contributed by atoms with Gasteiger partial charge in [0.1, 0.15) is 28.2 Å². The number of fused-ring (bicyclic) bond motifs is 4. The first kappa shape index (κ1) is 60.3. The number of nitrogens with zero attached hydrogens (tertiary/aromatic N) is 4. The van der Waals surface area contributed by atoms with Gasteiger partial charge in [-0.05, 0) is 238 Å². The molecule has 8 aromatic carbocycles. The van der Waals surface area contributed by atoms with E-state index in [0.29, 0.717) is 17.4 Å². The van der Waals surface area contributed by atoms with Crippen molar-refractivity contribution in [2.24, 2.45) is 34.1 Å². The van der Waals surface area contributed by atoms with Crippen molar-refractivity contribution in [3.05, 3.63) is 260 Å². The van der Waals surface area contributed by atoms with Crippen LogP contribution in [0.4, 0.5) is 0 Å². The fraction of sp³-hybridized carbons (Fsp3) is 0.302. The summed E-state index contributed by atoms with van der Waals surface area (Å²) in [6.45, 7) is 34.3. The molecule has 0 saturated heterocycles. The molecule has 4 nitrogen and oxygen atoms in total. The number of aromatic nitrogens is 4. The molecule has 0 amide bonds. The number of pyridine rings is 4. The predicted molar refractivity (Wildman–Crippen MR) is 386 cm³/mol. The average Bonchev–Trinajstić information content (AvgIpc) is 0.776. The zero-order chi connectivity index (χ0) is 68.6. The van der Waals surface area contributed by atoms with E-state index in [-0.39, 0.29) is 0 Å². The van der Waals surface area contributed by atoms with E-state index in [2.05, 4.69) is 271 Å². The lowest BCUT2D eigenvalue weighted by Gasteiger charge is -2.12. The number of hydrogen-bond donors (Lipinski definition) is 0. The fourth-order valence-corrected chi connectivity index (χ4v) is 13.1. The molecule has 4 heterocycles. The molecule has 4 heteroatoms. The summed E-state index contributed by atoms with van der Waals surface area (Å²) < 4.78 is 40.7. The minimum atomic E-state index is -2.14. The zero-order valence-corrected chi connectivity index (χ0v) is 57.9. The maximum atomic E-state index is 8.30. The van der Waals surface area contributed by atoms with E-state index >= 15 is 0 Å². The molecule has 0 fully saturated rings. The Morgan fingerprint density at radius 3 is 1.07 bits per heavy atom. The first-order chi connectivity index (χ1) is 44.2. The lowest BCUT2D eigenvalue weighted by molar-refractivity contribution is -0.659. The lowest BCUT2D eigenvalue weighted by atomic mass is 9.93. The van der Waals surface area contributed by atoms with E-state index in [9.17, 15) is 0 Å². The monoisotopic (exact) mass is 1190 g/mol. The van der Waals surface area contributed by atoms with Crippen LogP contribution in [0.25, 0.3) is 88.1 Å². The average molecular weight is 1190 g/mol. The summed E-state index contributed by atoms with van der Waals surface area (Å²) >= 11 is 0. The van der Waals surface area contributed by atoms with E-state index in [4.69, 9.17) is 5.48 Å². The maximum Gasteiger partial charge on any atom is 0.220 e. The van der Waals surface area contributed by atoms with Gasteiger partial charge < -0.3 is 0 Å². The molecule has 12 rings (SSSR count). The van der Waals surface area contributed by atoms with E-state index in [1.54, 1.807) is 6.07 Å². The van der Waals surface area contributed by atoms with Gasteiger partial charge in [0.05, 0.1) is 43.8 Å². The van der Waals surface area contributed by atoms with Gasteiger partial charge in [-0.15, -0.1) is 0 Å². The predicted octanol–water partition coefficient (Wildman–Crippen LogP) is 20.5. The van der Waals surface area contributed by atoms with Crippen molar-refractivity contribution >= 4 is 43.1 Å². The molecule has 0 aliphatic rings. The zero-order valence-electron chi connectivity index (χ0n) is 61.9. The maximum absolute atomic E-state index is 8.30. The smallest absolute Gasteiger partial charge is 0.200 e. The highest BCUT2D eigenvalue weighted by Crippen LogP contribution is 2.36. The summed E-state index contributed by atoms with van der Waals surface area (Å²) in [5.41, 5.74) is 27.9. The lowest BCUT2D eigenvalue weighted by Crippen LogP contribution is -2.30. The van der Waals surface area contributed by atoms with Crippen LogP contribution in [0.5, 0.6) is 0 Å². The summed E-state index contributed by atoms with van der Waals surface area (Å²) in [6, 6.07) is 54.8. The van der Waals surface area contributed by atoms with Crippen LogP contribution in [0, 0.1) is 88.9 Å². The van der Waals surface area contributed by atoms with Crippen LogP contribution < -0.4 is 18.3 Å². The molecule has 90 heavy (non-hydrogen) atoms. The van der Waals surface area contributed by atoms with Crippen LogP contribution in [0.15, 0.2) is 176 Å². The number of benzene rings is 8. The highest BCUT2D eigenvalue weighted by Gasteiger charge is 2.23. The SMILES string of the molecule is Cc1cc(C)c(C)c(-c2c3ccc(C(C)C)cc3cc[n+]2C)c1.Cc1cc(C)c(C)c(-c2c3ccc(CC(C)C)cc3cc[n+]2C)c1.Cc1cc(C)c(C)c(-c2c3ccccc3cc[n+]2C)c1.[2H]C([2H])([2H])c1cc(C)cc(-c2c3ccc(C([2H])(C)C)cc3cc[n+]2C)c1C. The van der Waals surface area contributed by atoms with Crippen LogP contribution in [0.2, 0.25) is 0 Å². The first-order valence-electron chi connectivity index (χ1n) is 34.2. The Bertz CT molecular complexity index is 4850. The summed E-state index contributed by atoms with van der Waals surface area (Å²) in [7, 11) is 8.39. The Morgan fingerprint density at radius 2 is 0.678 bits per heavy atom. The molecule has 4 aromatic heterocycles. The highest BCUT2D eigenvalue weighted by atomic mass is 14.9. The molecule has 0 atom stereocenters. The molecule has 0 N–H and O–H groups in total. The second-order valence-electron chi connectivity index (χ2n) is 26.8. The molecule has 0 spiro atoms. The van der Waals surface area contributed by atoms with Gasteiger partial charge >= 0.3 is 0 Å². The van der Waals surface area contributed by atoms with E-state index in [1.807, 2.05) is 63.7 Å². The van der Waals surface area contributed by atoms with Gasteiger partial charge in [-0.25, -0.2) is 18.3 Å². The van der Waals surface area contributed by atoms with Gasteiger partial charge in [-0.1, -0.05) is 143 Å². The Kier molecular flexibility index (Phi) is 18.5. The molecular weight excluding hydrogens is 1090 g/mol. The van der Waals surface area contributed by atoms with Crippen LogP contribution in [-0.4, -0.2) is 0 Å². The summed E-state index contributed by atoms with van der Waals surface area (Å²) in [4.78, 5) is 0. The van der Waals surface area contributed by atoms with Gasteiger partial charge in [-0.3, -0.25) is 0 Å². The number of hydrogen-bond acceptors (Lipinski definition) is 0. The molecule has 0 saturated carbocycles. The Labute approximate surface area is 545 Å². The minimum Gasteiger partial charge on any atom is -0.200 e. The van der Waals surface area contributed by atoms with E-state index in [1.165, 1.54) is 127 Å². The summed E-state index contributed by atoms with van der Waals surface area (Å²) in [5, 5.41) is 10.0. The first-order valence-corrected chi connectivity index (χ1v) is 32.2. The third-order valence-corrected chi connectivity index (χ3v) is 18.4. The van der Waals surface area contributed by atoms with Crippen molar-refractivity contribution in [2.45, 2.75) is 143 Å². The van der Waals surface area contributed by atoms with E-state index < -0.39 is 12.7 Å². The second-order valence-corrected chi connectivity index (χ2v) is 26.8. The van der Waals surface area contributed by atoms with Crippen molar-refractivity contribution in [3.63, 3.8) is 0 Å². The van der Waals surface area contributed by atoms with Crippen molar-refractivity contribution in [3.8, 4) is 45.0 Å². The van der Waals surface area contributed by atoms with Crippen LogP contribution in [-0.2, 0) is 34.6 Å². The quantitative estimate of drug-likeness (QED) is 0.135. The van der Waals surface area contributed by atoms with Crippen LogP contribution in [0.1, 0.15) is 142 Å².